The summed E-state index contributed by atoms with van der Waals surface area (Å²) in [6, 6.07) is 21.7. The number of rotatable bonds is 7. The summed E-state index contributed by atoms with van der Waals surface area (Å²) in [4.78, 5) is 12.5. The normalized spacial score (nSPS) is 12.2. The number of aryl methyl sites for hydroxylation is 1. The number of para-hydroxylation sites is 1. The summed E-state index contributed by atoms with van der Waals surface area (Å²) in [5, 5.41) is 2.69. The molecule has 1 atom stereocenters. The van der Waals surface area contributed by atoms with Gasteiger partial charge in [0.15, 0.2) is 0 Å². The van der Waals surface area contributed by atoms with Gasteiger partial charge >= 0.3 is 0 Å². The van der Waals surface area contributed by atoms with Crippen molar-refractivity contribution in [2.75, 3.05) is 5.32 Å². The molecule has 0 unspecified atom stereocenters. The maximum atomic E-state index is 12.4. The second-order valence-corrected chi connectivity index (χ2v) is 8.30. The van der Waals surface area contributed by atoms with Crippen LogP contribution in [-0.2, 0) is 14.8 Å². The van der Waals surface area contributed by atoms with Gasteiger partial charge in [0.1, 0.15) is 11.5 Å². The molecule has 1 amide bonds. The quantitative estimate of drug-likeness (QED) is 0.614. The summed E-state index contributed by atoms with van der Waals surface area (Å²) in [5.74, 6) is 0.878. The Bertz CT molecular complexity index is 1060. The van der Waals surface area contributed by atoms with Crippen LogP contribution in [0.25, 0.3) is 0 Å². The van der Waals surface area contributed by atoms with E-state index in [-0.39, 0.29) is 4.90 Å². The Hall–Kier alpha value is -3.16. The maximum absolute atomic E-state index is 12.4. The predicted octanol–water partition coefficient (Wildman–Crippen LogP) is 4.09. The Labute approximate surface area is 170 Å². The maximum Gasteiger partial charge on any atom is 0.242 e. The number of hydrogen-bond donors (Lipinski definition) is 2. The van der Waals surface area contributed by atoms with Crippen LogP contribution in [0.5, 0.6) is 11.5 Å². The van der Waals surface area contributed by atoms with Crippen molar-refractivity contribution in [3.63, 3.8) is 0 Å². The summed E-state index contributed by atoms with van der Waals surface area (Å²) >= 11 is 0. The molecular formula is C22H22N2O4S. The number of sulfonamides is 1. The third-order valence-electron chi connectivity index (χ3n) is 4.16. The van der Waals surface area contributed by atoms with Crippen LogP contribution < -0.4 is 14.8 Å². The lowest BCUT2D eigenvalue weighted by Gasteiger charge is -2.15. The van der Waals surface area contributed by atoms with E-state index in [1.54, 1.807) is 36.4 Å². The molecule has 2 N–H and O–H groups in total. The van der Waals surface area contributed by atoms with E-state index in [1.807, 2.05) is 37.3 Å². The van der Waals surface area contributed by atoms with Gasteiger partial charge < -0.3 is 10.1 Å². The van der Waals surface area contributed by atoms with E-state index >= 15 is 0 Å². The number of hydrogen-bond acceptors (Lipinski definition) is 4. The minimum absolute atomic E-state index is 0.116. The number of amides is 1. The molecule has 0 saturated heterocycles. The second-order valence-electron chi connectivity index (χ2n) is 6.58. The molecule has 3 rings (SSSR count). The molecule has 6 nitrogen and oxygen atoms in total. The van der Waals surface area contributed by atoms with Crippen LogP contribution in [0.2, 0.25) is 0 Å². The Morgan fingerprint density at radius 2 is 1.45 bits per heavy atom. The smallest absolute Gasteiger partial charge is 0.242 e. The second kappa shape index (κ2) is 8.89. The molecule has 3 aromatic carbocycles. The van der Waals surface area contributed by atoms with Crippen molar-refractivity contribution in [2.45, 2.75) is 24.8 Å². The van der Waals surface area contributed by atoms with E-state index < -0.39 is 22.0 Å². The SMILES string of the molecule is Cc1ccc(S(=O)(=O)N[C@H](C)C(=O)Nc2ccc(Oc3ccccc3)cc2)cc1. The van der Waals surface area contributed by atoms with Crippen molar-refractivity contribution in [1.82, 2.24) is 4.72 Å². The van der Waals surface area contributed by atoms with Gasteiger partial charge in [-0.1, -0.05) is 35.9 Å². The van der Waals surface area contributed by atoms with Crippen molar-refractivity contribution in [3.05, 3.63) is 84.4 Å². The van der Waals surface area contributed by atoms with Gasteiger partial charge in [0, 0.05) is 5.69 Å². The van der Waals surface area contributed by atoms with Crippen LogP contribution in [0.4, 0.5) is 5.69 Å². The molecule has 7 heteroatoms. The van der Waals surface area contributed by atoms with E-state index in [0.29, 0.717) is 17.2 Å². The van der Waals surface area contributed by atoms with E-state index in [0.717, 1.165) is 5.56 Å². The molecule has 0 aliphatic rings. The largest absolute Gasteiger partial charge is 0.457 e. The number of nitrogens with one attached hydrogen (secondary N) is 2. The molecule has 0 aliphatic heterocycles. The standard InChI is InChI=1S/C22H22N2O4S/c1-16-8-14-21(15-9-16)29(26,27)24-17(2)22(25)23-18-10-12-20(13-11-18)28-19-6-4-3-5-7-19/h3-15,17,24H,1-2H3,(H,23,25)/t17-/m1/s1. The molecular weight excluding hydrogens is 388 g/mol. The average molecular weight is 410 g/mol. The first-order valence-electron chi connectivity index (χ1n) is 9.06. The van der Waals surface area contributed by atoms with E-state index in [1.165, 1.54) is 19.1 Å². The fourth-order valence-corrected chi connectivity index (χ4v) is 3.76. The van der Waals surface area contributed by atoms with Gasteiger partial charge in [0.25, 0.3) is 0 Å². The Balaban J connectivity index is 1.59. The minimum atomic E-state index is -3.79. The molecule has 0 spiro atoms. The van der Waals surface area contributed by atoms with Gasteiger partial charge in [-0.05, 0) is 62.4 Å². The molecule has 0 saturated carbocycles. The fraction of sp³-hybridized carbons (Fsp3) is 0.136. The number of carbonyl (C=O) groups is 1. The summed E-state index contributed by atoms with van der Waals surface area (Å²) in [5.41, 5.74) is 1.49. The number of ether oxygens (including phenoxy) is 1. The third-order valence-corrected chi connectivity index (χ3v) is 5.71. The Morgan fingerprint density at radius 1 is 0.862 bits per heavy atom. The molecule has 0 radical (unpaired) electrons. The Kier molecular flexibility index (Phi) is 6.31. The van der Waals surface area contributed by atoms with Gasteiger partial charge in [-0.15, -0.1) is 0 Å². The summed E-state index contributed by atoms with van der Waals surface area (Å²) in [6.07, 6.45) is 0. The molecule has 3 aromatic rings. The number of benzene rings is 3. The highest BCUT2D eigenvalue weighted by Crippen LogP contribution is 2.22. The summed E-state index contributed by atoms with van der Waals surface area (Å²) in [6.45, 7) is 3.37. The molecule has 150 valence electrons. The van der Waals surface area contributed by atoms with Gasteiger partial charge in [0.2, 0.25) is 15.9 Å². The van der Waals surface area contributed by atoms with Crippen LogP contribution in [0, 0.1) is 6.92 Å². The van der Waals surface area contributed by atoms with Crippen LogP contribution in [0.15, 0.2) is 83.8 Å². The average Bonchev–Trinajstić information content (AvgIpc) is 2.70. The number of carbonyl (C=O) groups excluding carboxylic acids is 1. The van der Waals surface area contributed by atoms with Crippen LogP contribution in [-0.4, -0.2) is 20.4 Å². The van der Waals surface area contributed by atoms with Crippen molar-refractivity contribution in [1.29, 1.82) is 0 Å². The highest BCUT2D eigenvalue weighted by Gasteiger charge is 2.22. The van der Waals surface area contributed by atoms with Crippen molar-refractivity contribution in [3.8, 4) is 11.5 Å². The molecule has 0 fully saturated rings. The molecule has 0 bridgehead atoms. The first-order valence-corrected chi connectivity index (χ1v) is 10.5. The molecule has 29 heavy (non-hydrogen) atoms. The summed E-state index contributed by atoms with van der Waals surface area (Å²) in [7, 11) is -3.79. The lowest BCUT2D eigenvalue weighted by atomic mass is 10.2. The zero-order valence-electron chi connectivity index (χ0n) is 16.1. The summed E-state index contributed by atoms with van der Waals surface area (Å²) < 4.78 is 32.9. The van der Waals surface area contributed by atoms with Gasteiger partial charge in [-0.25, -0.2) is 8.42 Å². The number of anilines is 1. The molecule has 0 aromatic heterocycles. The monoisotopic (exact) mass is 410 g/mol. The first kappa shape index (κ1) is 20.6. The van der Waals surface area contributed by atoms with Crippen LogP contribution >= 0.6 is 0 Å². The van der Waals surface area contributed by atoms with Crippen LogP contribution in [0.3, 0.4) is 0 Å². The third kappa shape index (κ3) is 5.66. The van der Waals surface area contributed by atoms with Crippen LogP contribution in [0.1, 0.15) is 12.5 Å². The molecule has 0 aliphatic carbocycles. The topological polar surface area (TPSA) is 84.5 Å². The van der Waals surface area contributed by atoms with E-state index in [2.05, 4.69) is 10.0 Å². The van der Waals surface area contributed by atoms with Crippen molar-refractivity contribution in [2.24, 2.45) is 0 Å². The van der Waals surface area contributed by atoms with E-state index in [9.17, 15) is 13.2 Å². The zero-order valence-corrected chi connectivity index (χ0v) is 16.9. The lowest BCUT2D eigenvalue weighted by molar-refractivity contribution is -0.117. The van der Waals surface area contributed by atoms with Crippen molar-refractivity contribution < 1.29 is 17.9 Å². The van der Waals surface area contributed by atoms with Gasteiger partial charge in [0.05, 0.1) is 10.9 Å². The first-order chi connectivity index (χ1) is 13.8. The van der Waals surface area contributed by atoms with Gasteiger partial charge in [-0.2, -0.15) is 4.72 Å². The van der Waals surface area contributed by atoms with Gasteiger partial charge in [-0.3, -0.25) is 4.79 Å². The molecule has 0 heterocycles. The predicted molar refractivity (Wildman–Crippen MR) is 113 cm³/mol. The zero-order chi connectivity index (χ0) is 20.9. The minimum Gasteiger partial charge on any atom is -0.457 e. The highest BCUT2D eigenvalue weighted by molar-refractivity contribution is 7.89. The lowest BCUT2D eigenvalue weighted by Crippen LogP contribution is -2.41. The Morgan fingerprint density at radius 3 is 2.07 bits per heavy atom. The van der Waals surface area contributed by atoms with Crippen molar-refractivity contribution >= 4 is 21.6 Å². The fourth-order valence-electron chi connectivity index (χ4n) is 2.55. The highest BCUT2D eigenvalue weighted by atomic mass is 32.2. The van der Waals surface area contributed by atoms with E-state index in [4.69, 9.17) is 4.74 Å².